The van der Waals surface area contributed by atoms with Crippen LogP contribution in [-0.2, 0) is 11.2 Å². The lowest BCUT2D eigenvalue weighted by Gasteiger charge is -2.15. The Bertz CT molecular complexity index is 786. The van der Waals surface area contributed by atoms with E-state index in [2.05, 4.69) is 40.0 Å². The fourth-order valence-electron chi connectivity index (χ4n) is 3.01. The Balaban J connectivity index is 1.70. The average Bonchev–Trinajstić information content (AvgIpc) is 2.73. The molecule has 0 saturated carbocycles. The summed E-state index contributed by atoms with van der Waals surface area (Å²) in [5.41, 5.74) is 3.33. The number of carbonyl (C=O) groups is 1. The predicted molar refractivity (Wildman–Crippen MR) is 120 cm³/mol. The van der Waals surface area contributed by atoms with Gasteiger partial charge >= 0.3 is 0 Å². The summed E-state index contributed by atoms with van der Waals surface area (Å²) in [5.74, 6) is 2.08. The SMILES string of the molecule is CN=C(NCCc1ccc(NC(C)=O)cc1)NCCC(C)c1ccc(OC)cc1. The molecule has 2 aromatic carbocycles. The van der Waals surface area contributed by atoms with Gasteiger partial charge in [-0.1, -0.05) is 31.2 Å². The highest BCUT2D eigenvalue weighted by molar-refractivity contribution is 5.88. The third kappa shape index (κ3) is 7.86. The number of benzene rings is 2. The molecule has 2 rings (SSSR count). The van der Waals surface area contributed by atoms with Crippen LogP contribution in [0.2, 0.25) is 0 Å². The molecule has 6 heteroatoms. The standard InChI is InChI=1S/C23H32N4O2/c1-17(20-7-11-22(29-4)12-8-20)13-15-25-23(24-3)26-16-14-19-5-9-21(10-6-19)27-18(2)28/h5-12,17H,13-16H2,1-4H3,(H,27,28)(H2,24,25,26). The van der Waals surface area contributed by atoms with Gasteiger partial charge in [-0.05, 0) is 54.2 Å². The molecule has 156 valence electrons. The lowest BCUT2D eigenvalue weighted by atomic mass is 9.98. The molecule has 1 unspecified atom stereocenters. The maximum Gasteiger partial charge on any atom is 0.221 e. The van der Waals surface area contributed by atoms with Gasteiger partial charge in [0.2, 0.25) is 5.91 Å². The Labute approximate surface area is 173 Å². The predicted octanol–water partition coefficient (Wildman–Crippen LogP) is 3.55. The van der Waals surface area contributed by atoms with Gasteiger partial charge in [-0.2, -0.15) is 0 Å². The zero-order valence-corrected chi connectivity index (χ0v) is 17.8. The number of carbonyl (C=O) groups excluding carboxylic acids is 1. The van der Waals surface area contributed by atoms with E-state index in [1.165, 1.54) is 18.1 Å². The molecular formula is C23H32N4O2. The molecule has 0 aliphatic heterocycles. The van der Waals surface area contributed by atoms with Gasteiger partial charge in [0.25, 0.3) is 0 Å². The highest BCUT2D eigenvalue weighted by atomic mass is 16.5. The number of ether oxygens (including phenoxy) is 1. The maximum absolute atomic E-state index is 11.1. The topological polar surface area (TPSA) is 74.8 Å². The summed E-state index contributed by atoms with van der Waals surface area (Å²) in [5, 5.41) is 9.50. The smallest absolute Gasteiger partial charge is 0.221 e. The van der Waals surface area contributed by atoms with Crippen molar-refractivity contribution < 1.29 is 9.53 Å². The fourth-order valence-corrected chi connectivity index (χ4v) is 3.01. The number of anilines is 1. The molecule has 0 bridgehead atoms. The van der Waals surface area contributed by atoms with E-state index in [-0.39, 0.29) is 5.91 Å². The third-order valence-electron chi connectivity index (χ3n) is 4.76. The van der Waals surface area contributed by atoms with E-state index in [9.17, 15) is 4.79 Å². The molecule has 2 aromatic rings. The summed E-state index contributed by atoms with van der Waals surface area (Å²) >= 11 is 0. The summed E-state index contributed by atoms with van der Waals surface area (Å²) in [6.07, 6.45) is 1.89. The summed E-state index contributed by atoms with van der Waals surface area (Å²) in [6, 6.07) is 16.1. The molecule has 0 aliphatic rings. The number of amides is 1. The lowest BCUT2D eigenvalue weighted by molar-refractivity contribution is -0.114. The molecule has 1 atom stereocenters. The van der Waals surface area contributed by atoms with Crippen molar-refractivity contribution in [3.63, 3.8) is 0 Å². The minimum absolute atomic E-state index is 0.0596. The Kier molecular flexibility index (Phi) is 9.02. The zero-order chi connectivity index (χ0) is 21.1. The highest BCUT2D eigenvalue weighted by Gasteiger charge is 2.06. The van der Waals surface area contributed by atoms with Crippen LogP contribution in [0.1, 0.15) is 37.3 Å². The Morgan fingerprint density at radius 3 is 2.28 bits per heavy atom. The molecule has 0 radical (unpaired) electrons. The normalized spacial score (nSPS) is 12.2. The van der Waals surface area contributed by atoms with E-state index in [0.717, 1.165) is 43.3 Å². The molecule has 0 aromatic heterocycles. The molecule has 0 saturated heterocycles. The van der Waals surface area contributed by atoms with Gasteiger partial charge in [0.1, 0.15) is 5.75 Å². The van der Waals surface area contributed by atoms with Crippen LogP contribution < -0.4 is 20.7 Å². The van der Waals surface area contributed by atoms with Crippen molar-refractivity contribution in [1.29, 1.82) is 0 Å². The van der Waals surface area contributed by atoms with Gasteiger partial charge < -0.3 is 20.7 Å². The number of nitrogens with zero attached hydrogens (tertiary/aromatic N) is 1. The Hall–Kier alpha value is -3.02. The second-order valence-corrected chi connectivity index (χ2v) is 7.02. The van der Waals surface area contributed by atoms with Crippen LogP contribution in [0.5, 0.6) is 5.75 Å². The molecule has 1 amide bonds. The van der Waals surface area contributed by atoms with Crippen molar-refractivity contribution in [2.75, 3.05) is 32.6 Å². The van der Waals surface area contributed by atoms with Gasteiger partial charge in [0.05, 0.1) is 7.11 Å². The molecule has 0 fully saturated rings. The Morgan fingerprint density at radius 2 is 1.69 bits per heavy atom. The summed E-state index contributed by atoms with van der Waals surface area (Å²) in [6.45, 7) is 5.37. The third-order valence-corrected chi connectivity index (χ3v) is 4.76. The van der Waals surface area contributed by atoms with E-state index in [1.807, 2.05) is 36.4 Å². The maximum atomic E-state index is 11.1. The molecule has 0 heterocycles. The van der Waals surface area contributed by atoms with Gasteiger partial charge in [-0.15, -0.1) is 0 Å². The largest absolute Gasteiger partial charge is 0.497 e. The van der Waals surface area contributed by atoms with Gasteiger partial charge in [0.15, 0.2) is 5.96 Å². The van der Waals surface area contributed by atoms with Crippen LogP contribution in [0, 0.1) is 0 Å². The number of methoxy groups -OCH3 is 1. The monoisotopic (exact) mass is 396 g/mol. The van der Waals surface area contributed by atoms with Crippen molar-refractivity contribution >= 4 is 17.6 Å². The van der Waals surface area contributed by atoms with Crippen molar-refractivity contribution in [3.05, 3.63) is 59.7 Å². The van der Waals surface area contributed by atoms with Gasteiger partial charge in [0, 0.05) is 32.7 Å². The molecular weight excluding hydrogens is 364 g/mol. The van der Waals surface area contributed by atoms with Crippen LogP contribution in [0.4, 0.5) is 5.69 Å². The number of guanidine groups is 1. The average molecular weight is 397 g/mol. The van der Waals surface area contributed by atoms with E-state index in [1.54, 1.807) is 14.2 Å². The molecule has 29 heavy (non-hydrogen) atoms. The Morgan fingerprint density at radius 1 is 1.03 bits per heavy atom. The van der Waals surface area contributed by atoms with Crippen LogP contribution in [-0.4, -0.2) is 39.1 Å². The minimum atomic E-state index is -0.0596. The fraction of sp³-hybridized carbons (Fsp3) is 0.391. The number of nitrogens with one attached hydrogen (secondary N) is 3. The van der Waals surface area contributed by atoms with Crippen LogP contribution >= 0.6 is 0 Å². The second kappa shape index (κ2) is 11.7. The van der Waals surface area contributed by atoms with E-state index >= 15 is 0 Å². The zero-order valence-electron chi connectivity index (χ0n) is 17.8. The van der Waals surface area contributed by atoms with E-state index in [0.29, 0.717) is 5.92 Å². The van der Waals surface area contributed by atoms with E-state index < -0.39 is 0 Å². The van der Waals surface area contributed by atoms with E-state index in [4.69, 9.17) is 4.74 Å². The van der Waals surface area contributed by atoms with Crippen molar-refractivity contribution in [3.8, 4) is 5.75 Å². The lowest BCUT2D eigenvalue weighted by Crippen LogP contribution is -2.39. The van der Waals surface area contributed by atoms with Crippen LogP contribution in [0.3, 0.4) is 0 Å². The van der Waals surface area contributed by atoms with Crippen molar-refractivity contribution in [2.45, 2.75) is 32.6 Å². The molecule has 6 nitrogen and oxygen atoms in total. The quantitative estimate of drug-likeness (QED) is 0.448. The minimum Gasteiger partial charge on any atom is -0.497 e. The summed E-state index contributed by atoms with van der Waals surface area (Å²) in [4.78, 5) is 15.4. The van der Waals surface area contributed by atoms with Crippen LogP contribution in [0.25, 0.3) is 0 Å². The molecule has 0 spiro atoms. The number of aliphatic imine (C=N–C) groups is 1. The first-order valence-corrected chi connectivity index (χ1v) is 9.96. The first-order valence-electron chi connectivity index (χ1n) is 9.96. The van der Waals surface area contributed by atoms with Crippen LogP contribution in [0.15, 0.2) is 53.5 Å². The molecule has 3 N–H and O–H groups in total. The first kappa shape index (κ1) is 22.3. The number of rotatable bonds is 9. The first-order chi connectivity index (χ1) is 14.0. The summed E-state index contributed by atoms with van der Waals surface area (Å²) < 4.78 is 5.21. The molecule has 0 aliphatic carbocycles. The van der Waals surface area contributed by atoms with Crippen molar-refractivity contribution in [2.24, 2.45) is 4.99 Å². The van der Waals surface area contributed by atoms with Gasteiger partial charge in [-0.3, -0.25) is 9.79 Å². The second-order valence-electron chi connectivity index (χ2n) is 7.02. The highest BCUT2D eigenvalue weighted by Crippen LogP contribution is 2.21. The summed E-state index contributed by atoms with van der Waals surface area (Å²) in [7, 11) is 3.46. The van der Waals surface area contributed by atoms with Crippen molar-refractivity contribution in [1.82, 2.24) is 10.6 Å². The number of hydrogen-bond donors (Lipinski definition) is 3. The number of hydrogen-bond acceptors (Lipinski definition) is 3. The van der Waals surface area contributed by atoms with Gasteiger partial charge in [-0.25, -0.2) is 0 Å².